The van der Waals surface area contributed by atoms with E-state index in [0.29, 0.717) is 21.4 Å². The maximum absolute atomic E-state index is 12.3. The number of amides is 1. The molecule has 3 rings (SSSR count). The maximum Gasteiger partial charge on any atom is 0.277 e. The van der Waals surface area contributed by atoms with E-state index in [1.54, 1.807) is 12.1 Å². The number of hydrogen-bond donors (Lipinski definition) is 1. The van der Waals surface area contributed by atoms with Crippen LogP contribution < -0.4 is 5.32 Å². The van der Waals surface area contributed by atoms with Gasteiger partial charge in [0.2, 0.25) is 0 Å². The molecule has 2 heterocycles. The molecule has 1 N–H and O–H groups in total. The number of fused-ring (bicyclic) bond motifs is 1. The second kappa shape index (κ2) is 5.70. The molecule has 1 aromatic carbocycles. The van der Waals surface area contributed by atoms with Crippen molar-refractivity contribution >= 4 is 44.2 Å². The number of aryl methyl sites for hydroxylation is 1. The third kappa shape index (κ3) is 2.71. The molecule has 0 spiro atoms. The third-order valence-corrected chi connectivity index (χ3v) is 4.48. The fourth-order valence-corrected chi connectivity index (χ4v) is 3.41. The van der Waals surface area contributed by atoms with Crippen LogP contribution >= 0.6 is 22.9 Å². The molecule has 1 amide bonds. The second-order valence-corrected chi connectivity index (χ2v) is 6.71. The lowest BCUT2D eigenvalue weighted by Gasteiger charge is -2.06. The largest absolute Gasteiger partial charge is 0.296 e. The van der Waals surface area contributed by atoms with Crippen molar-refractivity contribution in [2.45, 2.75) is 26.8 Å². The lowest BCUT2D eigenvalue weighted by Crippen LogP contribution is -2.13. The standard InChI is InChI=1S/C15H15ClN4OS/c1-8(2)20-9(3)7-11(19-20)14(21)18-15-17-13-10(16)5-4-6-12(13)22-15/h4-8H,1-3H3,(H,17,18,21). The fourth-order valence-electron chi connectivity index (χ4n) is 2.25. The number of rotatable bonds is 3. The van der Waals surface area contributed by atoms with E-state index in [2.05, 4.69) is 15.4 Å². The molecule has 22 heavy (non-hydrogen) atoms. The zero-order valence-corrected chi connectivity index (χ0v) is 14.0. The zero-order chi connectivity index (χ0) is 15.9. The number of hydrogen-bond acceptors (Lipinski definition) is 4. The monoisotopic (exact) mass is 334 g/mol. The van der Waals surface area contributed by atoms with Crippen molar-refractivity contribution in [1.29, 1.82) is 0 Å². The molecule has 2 aromatic heterocycles. The number of thiazole rings is 1. The van der Waals surface area contributed by atoms with Crippen LogP contribution in [0.3, 0.4) is 0 Å². The van der Waals surface area contributed by atoms with Crippen molar-refractivity contribution in [2.75, 3.05) is 5.32 Å². The van der Waals surface area contributed by atoms with Gasteiger partial charge in [-0.3, -0.25) is 14.8 Å². The van der Waals surface area contributed by atoms with E-state index >= 15 is 0 Å². The van der Waals surface area contributed by atoms with E-state index in [0.717, 1.165) is 10.4 Å². The molecule has 0 saturated carbocycles. The SMILES string of the molecule is Cc1cc(C(=O)Nc2nc3c(Cl)cccc3s2)nn1C(C)C. The van der Waals surface area contributed by atoms with Gasteiger partial charge in [0.1, 0.15) is 5.52 Å². The van der Waals surface area contributed by atoms with E-state index in [1.165, 1.54) is 11.3 Å². The molecule has 0 aliphatic rings. The number of benzene rings is 1. The van der Waals surface area contributed by atoms with Crippen molar-refractivity contribution < 1.29 is 4.79 Å². The Bertz CT molecular complexity index is 852. The molecule has 114 valence electrons. The summed E-state index contributed by atoms with van der Waals surface area (Å²) in [4.78, 5) is 16.7. The van der Waals surface area contributed by atoms with Crippen molar-refractivity contribution in [3.8, 4) is 0 Å². The molecule has 0 aliphatic carbocycles. The average molecular weight is 335 g/mol. The van der Waals surface area contributed by atoms with Gasteiger partial charge >= 0.3 is 0 Å². The fraction of sp³-hybridized carbons (Fsp3) is 0.267. The lowest BCUT2D eigenvalue weighted by atomic mass is 10.3. The number of para-hydroxylation sites is 1. The van der Waals surface area contributed by atoms with Crippen LogP contribution in [0.4, 0.5) is 5.13 Å². The molecule has 0 unspecified atom stereocenters. The summed E-state index contributed by atoms with van der Waals surface area (Å²) in [5.74, 6) is -0.266. The van der Waals surface area contributed by atoms with Crippen molar-refractivity contribution in [2.24, 2.45) is 0 Å². The first kappa shape index (κ1) is 15.0. The molecular weight excluding hydrogens is 320 g/mol. The van der Waals surface area contributed by atoms with Gasteiger partial charge in [0.15, 0.2) is 10.8 Å². The molecule has 0 atom stereocenters. The Balaban J connectivity index is 1.86. The first-order valence-electron chi connectivity index (χ1n) is 6.88. The van der Waals surface area contributed by atoms with Crippen molar-refractivity contribution in [1.82, 2.24) is 14.8 Å². The summed E-state index contributed by atoms with van der Waals surface area (Å²) >= 11 is 7.49. The highest BCUT2D eigenvalue weighted by atomic mass is 35.5. The maximum atomic E-state index is 12.3. The van der Waals surface area contributed by atoms with Gasteiger partial charge in [-0.05, 0) is 39.0 Å². The topological polar surface area (TPSA) is 59.8 Å². The van der Waals surface area contributed by atoms with E-state index in [4.69, 9.17) is 11.6 Å². The molecule has 0 aliphatic heterocycles. The Hall–Kier alpha value is -1.92. The summed E-state index contributed by atoms with van der Waals surface area (Å²) < 4.78 is 2.76. The predicted octanol–water partition coefficient (Wildman–Crippen LogP) is 4.29. The molecule has 0 saturated heterocycles. The summed E-state index contributed by atoms with van der Waals surface area (Å²) in [7, 11) is 0. The number of carbonyl (C=O) groups excluding carboxylic acids is 1. The quantitative estimate of drug-likeness (QED) is 0.777. The molecular formula is C15H15ClN4OS. The van der Waals surface area contributed by atoms with Crippen LogP contribution in [0, 0.1) is 6.92 Å². The van der Waals surface area contributed by atoms with Crippen LogP contribution in [0.1, 0.15) is 36.1 Å². The minimum atomic E-state index is -0.266. The van der Waals surface area contributed by atoms with E-state index in [1.807, 2.05) is 37.6 Å². The summed E-state index contributed by atoms with van der Waals surface area (Å²) in [5.41, 5.74) is 2.04. The normalized spacial score (nSPS) is 11.3. The first-order chi connectivity index (χ1) is 10.5. The van der Waals surface area contributed by atoms with Gasteiger partial charge in [0.05, 0.1) is 9.72 Å². The zero-order valence-electron chi connectivity index (χ0n) is 12.4. The van der Waals surface area contributed by atoms with E-state index in [-0.39, 0.29) is 11.9 Å². The molecule has 0 fully saturated rings. The Morgan fingerprint density at radius 2 is 2.18 bits per heavy atom. The van der Waals surface area contributed by atoms with Gasteiger partial charge in [-0.25, -0.2) is 4.98 Å². The highest BCUT2D eigenvalue weighted by Gasteiger charge is 2.16. The highest BCUT2D eigenvalue weighted by molar-refractivity contribution is 7.22. The Labute approximate surface area is 136 Å². The lowest BCUT2D eigenvalue weighted by molar-refractivity contribution is 0.102. The smallest absolute Gasteiger partial charge is 0.277 e. The number of carbonyl (C=O) groups is 1. The van der Waals surface area contributed by atoms with Crippen molar-refractivity contribution in [3.05, 3.63) is 40.7 Å². The van der Waals surface area contributed by atoms with Gasteiger partial charge in [-0.15, -0.1) is 0 Å². The summed E-state index contributed by atoms with van der Waals surface area (Å²) in [6.45, 7) is 5.98. The van der Waals surface area contributed by atoms with E-state index in [9.17, 15) is 4.79 Å². The Morgan fingerprint density at radius 3 is 2.82 bits per heavy atom. The van der Waals surface area contributed by atoms with Crippen LogP contribution in [-0.2, 0) is 0 Å². The van der Waals surface area contributed by atoms with Gasteiger partial charge in [-0.2, -0.15) is 5.10 Å². The molecule has 3 aromatic rings. The van der Waals surface area contributed by atoms with Gasteiger partial charge in [0, 0.05) is 11.7 Å². The Kier molecular flexibility index (Phi) is 3.88. The summed E-state index contributed by atoms with van der Waals surface area (Å²) in [5, 5.41) is 8.22. The van der Waals surface area contributed by atoms with E-state index < -0.39 is 0 Å². The molecule has 0 radical (unpaired) electrons. The van der Waals surface area contributed by atoms with Crippen molar-refractivity contribution in [3.63, 3.8) is 0 Å². The second-order valence-electron chi connectivity index (χ2n) is 5.27. The number of nitrogens with zero attached hydrogens (tertiary/aromatic N) is 3. The average Bonchev–Trinajstić information content (AvgIpc) is 3.03. The summed E-state index contributed by atoms with van der Waals surface area (Å²) in [6, 6.07) is 7.55. The number of nitrogens with one attached hydrogen (secondary N) is 1. The van der Waals surface area contributed by atoms with Crippen LogP contribution in [-0.4, -0.2) is 20.7 Å². The highest BCUT2D eigenvalue weighted by Crippen LogP contribution is 2.30. The van der Waals surface area contributed by atoms with Crippen LogP contribution in [0.25, 0.3) is 10.2 Å². The molecule has 7 heteroatoms. The number of aromatic nitrogens is 3. The molecule has 0 bridgehead atoms. The van der Waals surface area contributed by atoms with Gasteiger partial charge in [-0.1, -0.05) is 29.0 Å². The van der Waals surface area contributed by atoms with Gasteiger partial charge < -0.3 is 0 Å². The van der Waals surface area contributed by atoms with Crippen LogP contribution in [0.2, 0.25) is 5.02 Å². The predicted molar refractivity (Wildman–Crippen MR) is 89.9 cm³/mol. The van der Waals surface area contributed by atoms with Gasteiger partial charge in [0.25, 0.3) is 5.91 Å². The summed E-state index contributed by atoms with van der Waals surface area (Å²) in [6.07, 6.45) is 0. The molecule has 5 nitrogen and oxygen atoms in total. The van der Waals surface area contributed by atoms with Crippen LogP contribution in [0.5, 0.6) is 0 Å². The minimum Gasteiger partial charge on any atom is -0.296 e. The number of anilines is 1. The Morgan fingerprint density at radius 1 is 1.41 bits per heavy atom. The first-order valence-corrected chi connectivity index (χ1v) is 8.07. The third-order valence-electron chi connectivity index (χ3n) is 3.23. The van der Waals surface area contributed by atoms with Crippen LogP contribution in [0.15, 0.2) is 24.3 Å². The number of halogens is 1. The minimum absolute atomic E-state index is 0.211.